The summed E-state index contributed by atoms with van der Waals surface area (Å²) in [6, 6.07) is 13.1. The van der Waals surface area contributed by atoms with E-state index in [0.29, 0.717) is 18.8 Å². The number of methoxy groups -OCH3 is 1. The van der Waals surface area contributed by atoms with Crippen LogP contribution in [0.4, 0.5) is 4.39 Å². The first-order chi connectivity index (χ1) is 12.1. The van der Waals surface area contributed by atoms with Crippen LogP contribution in [0.25, 0.3) is 0 Å². The highest BCUT2D eigenvalue weighted by Crippen LogP contribution is 2.24. The molecule has 1 unspecified atom stereocenters. The van der Waals surface area contributed by atoms with E-state index in [9.17, 15) is 4.39 Å². The smallest absolute Gasteiger partial charge is 0.128 e. The number of benzene rings is 2. The maximum atomic E-state index is 13.7. The maximum absolute atomic E-state index is 13.7. The van der Waals surface area contributed by atoms with Crippen LogP contribution in [0.15, 0.2) is 42.5 Å². The Labute approximate surface area is 162 Å². The van der Waals surface area contributed by atoms with Crippen LogP contribution in [0.1, 0.15) is 28.2 Å². The molecule has 0 saturated heterocycles. The molecule has 0 saturated carbocycles. The summed E-state index contributed by atoms with van der Waals surface area (Å²) in [6.45, 7) is 7.35. The molecule has 2 rings (SSSR count). The molecule has 0 radical (unpaired) electrons. The van der Waals surface area contributed by atoms with Crippen LogP contribution >= 0.6 is 12.4 Å². The molecule has 0 aliphatic heterocycles. The Morgan fingerprint density at radius 1 is 1.04 bits per heavy atom. The van der Waals surface area contributed by atoms with Gasteiger partial charge in [0.15, 0.2) is 0 Å². The highest BCUT2D eigenvalue weighted by atomic mass is 35.5. The van der Waals surface area contributed by atoms with E-state index in [1.165, 1.54) is 22.8 Å². The summed E-state index contributed by atoms with van der Waals surface area (Å²) in [5.41, 5.74) is 4.41. The first-order valence-electron chi connectivity index (χ1n) is 8.70. The molecule has 5 heteroatoms. The Hall–Kier alpha value is -1.46. The molecule has 2 aromatic rings. The second kappa shape index (κ2) is 12.0. The Kier molecular flexibility index (Phi) is 10.4. The molecule has 0 heterocycles. The Bertz CT molecular complexity index is 646. The molecule has 1 atom stereocenters. The summed E-state index contributed by atoms with van der Waals surface area (Å²) in [5, 5.41) is 3.42. The van der Waals surface area contributed by atoms with E-state index in [1.54, 1.807) is 19.2 Å². The first-order valence-corrected chi connectivity index (χ1v) is 8.70. The van der Waals surface area contributed by atoms with Crippen LogP contribution in [-0.2, 0) is 16.1 Å². The van der Waals surface area contributed by atoms with E-state index in [2.05, 4.69) is 37.4 Å². The average Bonchev–Trinajstić information content (AvgIpc) is 2.59. The standard InChI is InChI=1S/C21H28FNO2.ClH/c1-16-7-6-8-17(2)21(16)19(13-23-11-12-24-3)15-25-14-18-9-4-5-10-20(18)22;/h4-10,19,23H,11-15H2,1-3H3;1H. The number of rotatable bonds is 10. The fraction of sp³-hybridized carbons (Fsp3) is 0.429. The molecule has 0 aliphatic carbocycles. The number of nitrogens with one attached hydrogen (secondary N) is 1. The van der Waals surface area contributed by atoms with E-state index >= 15 is 0 Å². The van der Waals surface area contributed by atoms with Crippen LogP contribution in [0, 0.1) is 19.7 Å². The first kappa shape index (κ1) is 22.6. The number of ether oxygens (including phenoxy) is 2. The number of aryl methyl sites for hydroxylation is 2. The van der Waals surface area contributed by atoms with Crippen molar-refractivity contribution in [1.29, 1.82) is 0 Å². The quantitative estimate of drug-likeness (QED) is 0.619. The highest BCUT2D eigenvalue weighted by molar-refractivity contribution is 5.85. The van der Waals surface area contributed by atoms with E-state index in [-0.39, 0.29) is 30.7 Å². The van der Waals surface area contributed by atoms with Crippen LogP contribution in [0.5, 0.6) is 0 Å². The van der Waals surface area contributed by atoms with Gasteiger partial charge in [0.25, 0.3) is 0 Å². The summed E-state index contributed by atoms with van der Waals surface area (Å²) in [6.07, 6.45) is 0. The minimum absolute atomic E-state index is 0. The SMILES string of the molecule is COCCNCC(COCc1ccccc1F)c1c(C)cccc1C.Cl. The lowest BCUT2D eigenvalue weighted by atomic mass is 9.91. The van der Waals surface area contributed by atoms with Crippen LogP contribution < -0.4 is 5.32 Å². The summed E-state index contributed by atoms with van der Waals surface area (Å²) in [4.78, 5) is 0. The lowest BCUT2D eigenvalue weighted by Crippen LogP contribution is -2.28. The molecule has 2 aromatic carbocycles. The molecule has 0 aromatic heterocycles. The predicted octanol–water partition coefficient (Wildman–Crippen LogP) is 4.40. The summed E-state index contributed by atoms with van der Waals surface area (Å²) in [5.74, 6) is -0.00540. The summed E-state index contributed by atoms with van der Waals surface area (Å²) >= 11 is 0. The van der Waals surface area contributed by atoms with Crippen molar-refractivity contribution in [2.75, 3.05) is 33.4 Å². The second-order valence-corrected chi connectivity index (χ2v) is 6.31. The zero-order chi connectivity index (χ0) is 18.1. The van der Waals surface area contributed by atoms with Gasteiger partial charge in [0.2, 0.25) is 0 Å². The molecule has 0 amide bonds. The van der Waals surface area contributed by atoms with Crippen molar-refractivity contribution in [1.82, 2.24) is 5.32 Å². The third-order valence-corrected chi connectivity index (χ3v) is 4.36. The van der Waals surface area contributed by atoms with Gasteiger partial charge in [-0.15, -0.1) is 12.4 Å². The van der Waals surface area contributed by atoms with Crippen LogP contribution in [-0.4, -0.2) is 33.4 Å². The number of hydrogen-bond donors (Lipinski definition) is 1. The van der Waals surface area contributed by atoms with Crippen LogP contribution in [0.3, 0.4) is 0 Å². The normalized spacial score (nSPS) is 11.8. The van der Waals surface area contributed by atoms with Crippen molar-refractivity contribution in [3.05, 3.63) is 70.5 Å². The molecular formula is C21H29ClFNO2. The fourth-order valence-corrected chi connectivity index (χ4v) is 3.09. The average molecular weight is 382 g/mol. The van der Waals surface area contributed by atoms with Gasteiger partial charge in [0.1, 0.15) is 5.82 Å². The van der Waals surface area contributed by atoms with E-state index in [0.717, 1.165) is 13.1 Å². The monoisotopic (exact) mass is 381 g/mol. The van der Waals surface area contributed by atoms with Gasteiger partial charge in [-0.25, -0.2) is 4.39 Å². The van der Waals surface area contributed by atoms with Gasteiger partial charge in [-0.2, -0.15) is 0 Å². The molecule has 26 heavy (non-hydrogen) atoms. The molecule has 0 fully saturated rings. The van der Waals surface area contributed by atoms with Crippen molar-refractivity contribution in [2.45, 2.75) is 26.4 Å². The lowest BCUT2D eigenvalue weighted by molar-refractivity contribution is 0.103. The number of halogens is 2. The second-order valence-electron chi connectivity index (χ2n) is 6.31. The zero-order valence-electron chi connectivity index (χ0n) is 15.8. The topological polar surface area (TPSA) is 30.5 Å². The largest absolute Gasteiger partial charge is 0.383 e. The third-order valence-electron chi connectivity index (χ3n) is 4.36. The highest BCUT2D eigenvalue weighted by Gasteiger charge is 2.16. The van der Waals surface area contributed by atoms with Crippen molar-refractivity contribution in [3.63, 3.8) is 0 Å². The predicted molar refractivity (Wildman–Crippen MR) is 107 cm³/mol. The number of hydrogen-bond acceptors (Lipinski definition) is 3. The summed E-state index contributed by atoms with van der Waals surface area (Å²) in [7, 11) is 1.70. The minimum atomic E-state index is -0.218. The van der Waals surface area contributed by atoms with E-state index in [1.807, 2.05) is 6.07 Å². The molecule has 0 aliphatic rings. The van der Waals surface area contributed by atoms with Gasteiger partial charge in [0.05, 0.1) is 19.8 Å². The summed E-state index contributed by atoms with van der Waals surface area (Å²) < 4.78 is 24.7. The van der Waals surface area contributed by atoms with E-state index in [4.69, 9.17) is 9.47 Å². The lowest BCUT2D eigenvalue weighted by Gasteiger charge is -2.22. The van der Waals surface area contributed by atoms with Gasteiger partial charge in [0, 0.05) is 31.7 Å². The van der Waals surface area contributed by atoms with Crippen molar-refractivity contribution < 1.29 is 13.9 Å². The van der Waals surface area contributed by atoms with Gasteiger partial charge < -0.3 is 14.8 Å². The zero-order valence-corrected chi connectivity index (χ0v) is 16.6. The van der Waals surface area contributed by atoms with Gasteiger partial charge in [-0.05, 0) is 36.6 Å². The van der Waals surface area contributed by atoms with Gasteiger partial charge in [-0.1, -0.05) is 36.4 Å². The molecule has 1 N–H and O–H groups in total. The Balaban J connectivity index is 0.00000338. The van der Waals surface area contributed by atoms with Crippen molar-refractivity contribution >= 4 is 12.4 Å². The third kappa shape index (κ3) is 6.69. The van der Waals surface area contributed by atoms with Gasteiger partial charge in [-0.3, -0.25) is 0 Å². The minimum Gasteiger partial charge on any atom is -0.383 e. The molecule has 0 spiro atoms. The Morgan fingerprint density at radius 3 is 2.38 bits per heavy atom. The van der Waals surface area contributed by atoms with Crippen molar-refractivity contribution in [3.8, 4) is 0 Å². The molecule has 3 nitrogen and oxygen atoms in total. The maximum Gasteiger partial charge on any atom is 0.128 e. The van der Waals surface area contributed by atoms with Gasteiger partial charge >= 0.3 is 0 Å². The molecule has 144 valence electrons. The van der Waals surface area contributed by atoms with Crippen LogP contribution in [0.2, 0.25) is 0 Å². The molecule has 0 bridgehead atoms. The molecular weight excluding hydrogens is 353 g/mol. The van der Waals surface area contributed by atoms with E-state index < -0.39 is 0 Å². The fourth-order valence-electron chi connectivity index (χ4n) is 3.09. The Morgan fingerprint density at radius 2 is 1.73 bits per heavy atom. The van der Waals surface area contributed by atoms with Crippen molar-refractivity contribution in [2.24, 2.45) is 0 Å².